The normalized spacial score (nSPS) is 28.8. The first kappa shape index (κ1) is 16.6. The van der Waals surface area contributed by atoms with Crippen LogP contribution in [0.1, 0.15) is 32.8 Å². The first-order valence-electron chi connectivity index (χ1n) is 8.46. The highest BCUT2D eigenvalue weighted by atomic mass is 16.5. The van der Waals surface area contributed by atoms with E-state index in [0.29, 0.717) is 0 Å². The molecular weight excluding hydrogens is 292 g/mol. The lowest BCUT2D eigenvalue weighted by molar-refractivity contribution is -0.107. The Morgan fingerprint density at radius 2 is 1.78 bits per heavy atom. The summed E-state index contributed by atoms with van der Waals surface area (Å²) in [6.07, 6.45) is 4.65. The van der Waals surface area contributed by atoms with E-state index in [-0.39, 0.29) is 5.41 Å². The Kier molecular flexibility index (Phi) is 4.58. The zero-order chi connectivity index (χ0) is 16.5. The van der Waals surface area contributed by atoms with Crippen molar-refractivity contribution in [1.29, 1.82) is 0 Å². The molecule has 0 bridgehead atoms. The van der Waals surface area contributed by atoms with Gasteiger partial charge in [-0.05, 0) is 13.3 Å². The number of aromatic nitrogens is 2. The summed E-state index contributed by atoms with van der Waals surface area (Å²) in [7, 11) is 0. The van der Waals surface area contributed by atoms with E-state index in [1.165, 1.54) is 0 Å². The molecule has 1 N–H and O–H groups in total. The number of anilines is 1. The molecule has 0 spiro atoms. The molecule has 1 atom stereocenters. The van der Waals surface area contributed by atoms with Gasteiger partial charge in [-0.1, -0.05) is 13.8 Å². The van der Waals surface area contributed by atoms with E-state index in [4.69, 9.17) is 4.74 Å². The Morgan fingerprint density at radius 3 is 2.39 bits per heavy atom. The molecule has 3 rings (SSSR count). The molecule has 6 heteroatoms. The number of morpholine rings is 1. The van der Waals surface area contributed by atoms with Crippen LogP contribution in [0.3, 0.4) is 0 Å². The molecule has 3 heterocycles. The summed E-state index contributed by atoms with van der Waals surface area (Å²) in [5.74, 6) is 0.791. The summed E-state index contributed by atoms with van der Waals surface area (Å²) in [5.41, 5.74) is 0.416. The molecule has 0 saturated carbocycles. The summed E-state index contributed by atoms with van der Waals surface area (Å²) in [6, 6.07) is 0. The highest BCUT2D eigenvalue weighted by Crippen LogP contribution is 2.38. The molecule has 2 saturated heterocycles. The summed E-state index contributed by atoms with van der Waals surface area (Å²) in [5, 5.41) is 10.5. The van der Waals surface area contributed by atoms with Gasteiger partial charge in [-0.2, -0.15) is 0 Å². The minimum atomic E-state index is -0.597. The van der Waals surface area contributed by atoms with Crippen molar-refractivity contribution < 1.29 is 9.84 Å². The number of aliphatic hydroxyl groups is 1. The van der Waals surface area contributed by atoms with Gasteiger partial charge in [0.25, 0.3) is 0 Å². The summed E-state index contributed by atoms with van der Waals surface area (Å²) in [6.45, 7) is 12.0. The maximum absolute atomic E-state index is 10.5. The third kappa shape index (κ3) is 3.65. The van der Waals surface area contributed by atoms with E-state index in [0.717, 1.165) is 63.9 Å². The lowest BCUT2D eigenvalue weighted by Gasteiger charge is -2.48. The molecule has 0 aliphatic carbocycles. The third-order valence-corrected chi connectivity index (χ3v) is 5.38. The molecular formula is C17H28N4O2. The largest absolute Gasteiger partial charge is 0.390 e. The molecule has 1 aromatic rings. The molecule has 23 heavy (non-hydrogen) atoms. The average Bonchev–Trinajstić information content (AvgIpc) is 2.53. The van der Waals surface area contributed by atoms with Crippen molar-refractivity contribution in [2.75, 3.05) is 44.3 Å². The second kappa shape index (κ2) is 6.34. The number of ether oxygens (including phenoxy) is 1. The number of piperidine rings is 1. The third-order valence-electron chi connectivity index (χ3n) is 5.38. The van der Waals surface area contributed by atoms with Crippen molar-refractivity contribution in [3.63, 3.8) is 0 Å². The molecule has 128 valence electrons. The van der Waals surface area contributed by atoms with Crippen molar-refractivity contribution >= 4 is 5.95 Å². The van der Waals surface area contributed by atoms with Crippen molar-refractivity contribution in [2.45, 2.75) is 39.3 Å². The van der Waals surface area contributed by atoms with Gasteiger partial charge < -0.3 is 14.7 Å². The molecule has 6 nitrogen and oxygen atoms in total. The van der Waals surface area contributed by atoms with Gasteiger partial charge in [-0.3, -0.25) is 4.90 Å². The zero-order valence-corrected chi connectivity index (χ0v) is 14.5. The van der Waals surface area contributed by atoms with E-state index >= 15 is 0 Å². The number of likely N-dealkylation sites (tertiary alicyclic amines) is 1. The second-order valence-electron chi connectivity index (χ2n) is 7.61. The van der Waals surface area contributed by atoms with Crippen LogP contribution in [0.2, 0.25) is 0 Å². The minimum absolute atomic E-state index is 0.111. The molecule has 2 aliphatic heterocycles. The Bertz CT molecular complexity index is 524. The van der Waals surface area contributed by atoms with E-state index in [1.807, 2.05) is 19.3 Å². The fraction of sp³-hybridized carbons (Fsp3) is 0.765. The van der Waals surface area contributed by atoms with Crippen LogP contribution in [0, 0.1) is 5.41 Å². The number of nitrogens with zero attached hydrogens (tertiary/aromatic N) is 4. The Labute approximate surface area is 138 Å². The minimum Gasteiger partial charge on any atom is -0.390 e. The molecule has 0 aromatic carbocycles. The first-order valence-corrected chi connectivity index (χ1v) is 8.46. The highest BCUT2D eigenvalue weighted by Gasteiger charge is 2.43. The molecule has 2 fully saturated rings. The van der Waals surface area contributed by atoms with Crippen LogP contribution < -0.4 is 4.90 Å². The predicted molar refractivity (Wildman–Crippen MR) is 89.4 cm³/mol. The molecule has 2 aliphatic rings. The van der Waals surface area contributed by atoms with Gasteiger partial charge in [-0.25, -0.2) is 9.97 Å². The monoisotopic (exact) mass is 320 g/mol. The van der Waals surface area contributed by atoms with Gasteiger partial charge in [0.2, 0.25) is 5.95 Å². The Morgan fingerprint density at radius 1 is 1.13 bits per heavy atom. The zero-order valence-electron chi connectivity index (χ0n) is 14.5. The second-order valence-corrected chi connectivity index (χ2v) is 7.61. The van der Waals surface area contributed by atoms with Gasteiger partial charge in [0.1, 0.15) is 0 Å². The lowest BCUT2D eigenvalue weighted by atomic mass is 9.71. The number of hydrogen-bond acceptors (Lipinski definition) is 6. The van der Waals surface area contributed by atoms with Crippen LogP contribution in [-0.4, -0.2) is 65.0 Å². The molecule has 1 aromatic heterocycles. The SMILES string of the molecule is CC1(C)CN(Cc2cnc(N3CCOCC3)nc2)CC[C@]1(C)O. The van der Waals surface area contributed by atoms with E-state index in [2.05, 4.69) is 33.6 Å². The predicted octanol–water partition coefficient (Wildman–Crippen LogP) is 1.30. The van der Waals surface area contributed by atoms with Crippen LogP contribution in [0.4, 0.5) is 5.95 Å². The van der Waals surface area contributed by atoms with E-state index < -0.39 is 5.60 Å². The van der Waals surface area contributed by atoms with Crippen LogP contribution in [0.5, 0.6) is 0 Å². The van der Waals surface area contributed by atoms with Gasteiger partial charge in [0.05, 0.1) is 18.8 Å². The summed E-state index contributed by atoms with van der Waals surface area (Å²) in [4.78, 5) is 13.6. The smallest absolute Gasteiger partial charge is 0.225 e. The van der Waals surface area contributed by atoms with Gasteiger partial charge in [0.15, 0.2) is 0 Å². The lowest BCUT2D eigenvalue weighted by Crippen LogP contribution is -2.55. The van der Waals surface area contributed by atoms with E-state index in [1.54, 1.807) is 0 Å². The van der Waals surface area contributed by atoms with Crippen LogP contribution in [0.25, 0.3) is 0 Å². The van der Waals surface area contributed by atoms with Crippen molar-refractivity contribution in [1.82, 2.24) is 14.9 Å². The molecule has 0 radical (unpaired) electrons. The Balaban J connectivity index is 1.60. The van der Waals surface area contributed by atoms with Gasteiger partial charge >= 0.3 is 0 Å². The van der Waals surface area contributed by atoms with Gasteiger partial charge in [-0.15, -0.1) is 0 Å². The van der Waals surface area contributed by atoms with Gasteiger partial charge in [0, 0.05) is 56.1 Å². The maximum atomic E-state index is 10.5. The van der Waals surface area contributed by atoms with Crippen molar-refractivity contribution in [3.05, 3.63) is 18.0 Å². The highest BCUT2D eigenvalue weighted by molar-refractivity contribution is 5.30. The van der Waals surface area contributed by atoms with Crippen LogP contribution >= 0.6 is 0 Å². The van der Waals surface area contributed by atoms with E-state index in [9.17, 15) is 5.11 Å². The fourth-order valence-electron chi connectivity index (χ4n) is 3.27. The quantitative estimate of drug-likeness (QED) is 0.906. The average molecular weight is 320 g/mol. The Hall–Kier alpha value is -1.24. The van der Waals surface area contributed by atoms with Crippen LogP contribution in [-0.2, 0) is 11.3 Å². The fourth-order valence-corrected chi connectivity index (χ4v) is 3.27. The number of hydrogen-bond donors (Lipinski definition) is 1. The topological polar surface area (TPSA) is 61.7 Å². The first-order chi connectivity index (χ1) is 10.9. The van der Waals surface area contributed by atoms with Crippen molar-refractivity contribution in [3.8, 4) is 0 Å². The number of rotatable bonds is 3. The van der Waals surface area contributed by atoms with Crippen LogP contribution in [0.15, 0.2) is 12.4 Å². The standard InChI is InChI=1S/C17H28N4O2/c1-16(2)13-20(5-4-17(16,3)22)12-14-10-18-15(19-11-14)21-6-8-23-9-7-21/h10-11,22H,4-9,12-13H2,1-3H3/t17-/m0/s1. The maximum Gasteiger partial charge on any atom is 0.225 e. The molecule has 0 unspecified atom stereocenters. The molecule has 0 amide bonds. The van der Waals surface area contributed by atoms with Crippen molar-refractivity contribution in [2.24, 2.45) is 5.41 Å². The summed E-state index contributed by atoms with van der Waals surface area (Å²) >= 11 is 0. The summed E-state index contributed by atoms with van der Waals surface area (Å²) < 4.78 is 5.36.